The third kappa shape index (κ3) is 8.41. The summed E-state index contributed by atoms with van der Waals surface area (Å²) in [6.07, 6.45) is 1.15. The molecule has 0 atom stereocenters. The number of alkyl halides is 3. The van der Waals surface area contributed by atoms with Crippen molar-refractivity contribution in [2.45, 2.75) is 19.0 Å². The van der Waals surface area contributed by atoms with Gasteiger partial charge in [0.25, 0.3) is 0 Å². The summed E-state index contributed by atoms with van der Waals surface area (Å²) < 4.78 is 46.3. The van der Waals surface area contributed by atoms with Gasteiger partial charge in [0.15, 0.2) is 0 Å². The number of halogens is 3. The molecule has 7 nitrogen and oxygen atoms in total. The monoisotopic (exact) mass is 537 g/mol. The molecule has 204 valence electrons. The minimum Gasteiger partial charge on any atom is -0.457 e. The summed E-state index contributed by atoms with van der Waals surface area (Å²) in [5, 5.41) is 5.73. The van der Waals surface area contributed by atoms with Crippen molar-refractivity contribution in [3.63, 3.8) is 0 Å². The molecule has 39 heavy (non-hydrogen) atoms. The standard InChI is InChI=1S/C29H30F3N5O2/c1-37(2)14-4-6-21-15-22(29(30,31)32)18-23(16-21)36-27(38)9-8-20-5-3-7-24(17-20)39-25-10-11-33-26(19-25)28-34-12-13-35-28/h3,5,7-11,15-19H,4,6,12-14H2,1-2H3,(H,34,35)(H,36,38). The van der Waals surface area contributed by atoms with Gasteiger partial charge in [-0.25, -0.2) is 0 Å². The molecule has 0 aliphatic carbocycles. The number of benzene rings is 2. The van der Waals surface area contributed by atoms with Crippen molar-refractivity contribution in [3.8, 4) is 11.5 Å². The zero-order valence-corrected chi connectivity index (χ0v) is 21.8. The quantitative estimate of drug-likeness (QED) is 0.339. The number of amidine groups is 1. The molecule has 1 aliphatic rings. The molecule has 0 unspecified atom stereocenters. The second-order valence-corrected chi connectivity index (χ2v) is 9.35. The Kier molecular flexibility index (Phi) is 8.98. The Morgan fingerprint density at radius 3 is 2.69 bits per heavy atom. The van der Waals surface area contributed by atoms with Gasteiger partial charge in [-0.3, -0.25) is 14.8 Å². The topological polar surface area (TPSA) is 78.9 Å². The Labute approximate surface area is 225 Å². The molecule has 3 aromatic rings. The second-order valence-electron chi connectivity index (χ2n) is 9.35. The van der Waals surface area contributed by atoms with E-state index in [1.165, 1.54) is 6.08 Å². The number of carbonyl (C=O) groups is 1. The molecule has 2 heterocycles. The van der Waals surface area contributed by atoms with E-state index in [4.69, 9.17) is 4.74 Å². The number of aliphatic imine (C=N–C) groups is 1. The first-order valence-corrected chi connectivity index (χ1v) is 12.5. The first kappa shape index (κ1) is 27.8. The van der Waals surface area contributed by atoms with Crippen LogP contribution in [0.1, 0.15) is 28.8 Å². The number of hydrogen-bond donors (Lipinski definition) is 2. The normalized spacial score (nSPS) is 13.4. The molecule has 10 heteroatoms. The van der Waals surface area contributed by atoms with E-state index in [1.54, 1.807) is 54.7 Å². The molecule has 2 aromatic carbocycles. The van der Waals surface area contributed by atoms with Gasteiger partial charge in [0.1, 0.15) is 23.0 Å². The Balaban J connectivity index is 1.42. The summed E-state index contributed by atoms with van der Waals surface area (Å²) in [6.45, 7) is 2.23. The van der Waals surface area contributed by atoms with Crippen LogP contribution in [-0.4, -0.2) is 55.4 Å². The second kappa shape index (κ2) is 12.6. The summed E-state index contributed by atoms with van der Waals surface area (Å²) in [4.78, 5) is 23.2. The SMILES string of the molecule is CN(C)CCCc1cc(NC(=O)C=Cc2cccc(Oc3ccnc(C4=NCCN4)c3)c2)cc(C(F)(F)F)c1. The fourth-order valence-corrected chi connectivity index (χ4v) is 4.02. The predicted octanol–water partition coefficient (Wildman–Crippen LogP) is 5.39. The van der Waals surface area contributed by atoms with Crippen molar-refractivity contribution >= 4 is 23.5 Å². The smallest absolute Gasteiger partial charge is 0.416 e. The molecule has 0 radical (unpaired) electrons. The van der Waals surface area contributed by atoms with Gasteiger partial charge in [-0.2, -0.15) is 13.2 Å². The van der Waals surface area contributed by atoms with Crippen LogP contribution < -0.4 is 15.4 Å². The van der Waals surface area contributed by atoms with Crippen LogP contribution in [0.25, 0.3) is 6.08 Å². The number of pyridine rings is 1. The number of aromatic nitrogens is 1. The highest BCUT2D eigenvalue weighted by Crippen LogP contribution is 2.32. The first-order valence-electron chi connectivity index (χ1n) is 12.5. The van der Waals surface area contributed by atoms with Gasteiger partial charge in [0.05, 0.1) is 12.1 Å². The van der Waals surface area contributed by atoms with E-state index in [1.807, 2.05) is 19.0 Å². The number of nitrogens with zero attached hydrogens (tertiary/aromatic N) is 3. The minimum atomic E-state index is -4.51. The van der Waals surface area contributed by atoms with Gasteiger partial charge in [0.2, 0.25) is 5.91 Å². The number of ether oxygens (including phenoxy) is 1. The van der Waals surface area contributed by atoms with E-state index in [0.29, 0.717) is 47.7 Å². The lowest BCUT2D eigenvalue weighted by atomic mass is 10.0. The number of amides is 1. The van der Waals surface area contributed by atoms with Gasteiger partial charge >= 0.3 is 6.18 Å². The first-order chi connectivity index (χ1) is 18.7. The maximum Gasteiger partial charge on any atom is 0.416 e. The largest absolute Gasteiger partial charge is 0.457 e. The van der Waals surface area contributed by atoms with Gasteiger partial charge in [0, 0.05) is 30.6 Å². The molecule has 1 aliphatic heterocycles. The molecular formula is C29H30F3N5O2. The summed E-state index contributed by atoms with van der Waals surface area (Å²) in [5.74, 6) is 1.32. The molecule has 0 saturated heterocycles. The number of aryl methyl sites for hydroxylation is 1. The molecule has 4 rings (SSSR count). The van der Waals surface area contributed by atoms with Crippen molar-refractivity contribution in [3.05, 3.63) is 89.3 Å². The predicted molar refractivity (Wildman–Crippen MR) is 146 cm³/mol. The van der Waals surface area contributed by atoms with Crippen molar-refractivity contribution in [2.24, 2.45) is 4.99 Å². The van der Waals surface area contributed by atoms with Crippen LogP contribution in [0.3, 0.4) is 0 Å². The van der Waals surface area contributed by atoms with E-state index in [2.05, 4.69) is 20.6 Å². The fraction of sp³-hybridized carbons (Fsp3) is 0.276. The van der Waals surface area contributed by atoms with E-state index in [-0.39, 0.29) is 5.69 Å². The zero-order valence-electron chi connectivity index (χ0n) is 21.8. The van der Waals surface area contributed by atoms with Crippen LogP contribution in [0.15, 0.2) is 71.9 Å². The highest BCUT2D eigenvalue weighted by Gasteiger charge is 2.31. The number of rotatable bonds is 10. The molecule has 1 amide bonds. The highest BCUT2D eigenvalue weighted by atomic mass is 19.4. The van der Waals surface area contributed by atoms with Crippen molar-refractivity contribution < 1.29 is 22.7 Å². The molecule has 0 spiro atoms. The Morgan fingerprint density at radius 1 is 1.13 bits per heavy atom. The number of carbonyl (C=O) groups excluding carboxylic acids is 1. The third-order valence-corrected chi connectivity index (χ3v) is 5.83. The average Bonchev–Trinajstić information content (AvgIpc) is 3.42. The number of nitrogens with one attached hydrogen (secondary N) is 2. The average molecular weight is 538 g/mol. The van der Waals surface area contributed by atoms with Crippen LogP contribution in [-0.2, 0) is 17.4 Å². The van der Waals surface area contributed by atoms with E-state index in [0.717, 1.165) is 31.1 Å². The summed E-state index contributed by atoms with van der Waals surface area (Å²) in [7, 11) is 3.82. The van der Waals surface area contributed by atoms with Gasteiger partial charge in [-0.15, -0.1) is 0 Å². The zero-order chi connectivity index (χ0) is 27.8. The Hall–Kier alpha value is -4.18. The van der Waals surface area contributed by atoms with Crippen molar-refractivity contribution in [1.82, 2.24) is 15.2 Å². The van der Waals surface area contributed by atoms with E-state index < -0.39 is 17.6 Å². The molecule has 0 bridgehead atoms. The van der Waals surface area contributed by atoms with Crippen LogP contribution in [0, 0.1) is 0 Å². The summed E-state index contributed by atoms with van der Waals surface area (Å²) >= 11 is 0. The maximum atomic E-state index is 13.4. The number of anilines is 1. The lowest BCUT2D eigenvalue weighted by Crippen LogP contribution is -2.20. The van der Waals surface area contributed by atoms with E-state index in [9.17, 15) is 18.0 Å². The van der Waals surface area contributed by atoms with Crippen LogP contribution in [0.4, 0.5) is 18.9 Å². The van der Waals surface area contributed by atoms with Crippen molar-refractivity contribution in [2.75, 3.05) is 39.0 Å². The molecule has 2 N–H and O–H groups in total. The lowest BCUT2D eigenvalue weighted by molar-refractivity contribution is -0.137. The minimum absolute atomic E-state index is 0.103. The number of hydrogen-bond acceptors (Lipinski definition) is 6. The molecule has 0 fully saturated rings. The van der Waals surface area contributed by atoms with Crippen molar-refractivity contribution in [1.29, 1.82) is 0 Å². The molecule has 0 saturated carbocycles. The van der Waals surface area contributed by atoms with Gasteiger partial charge < -0.3 is 20.3 Å². The van der Waals surface area contributed by atoms with Crippen LogP contribution >= 0.6 is 0 Å². The highest BCUT2D eigenvalue weighted by molar-refractivity contribution is 6.02. The molecule has 1 aromatic heterocycles. The van der Waals surface area contributed by atoms with Crippen LogP contribution in [0.5, 0.6) is 11.5 Å². The van der Waals surface area contributed by atoms with Crippen LogP contribution in [0.2, 0.25) is 0 Å². The Morgan fingerprint density at radius 2 is 1.95 bits per heavy atom. The summed E-state index contributed by atoms with van der Waals surface area (Å²) in [5.41, 5.74) is 1.21. The third-order valence-electron chi connectivity index (χ3n) is 5.83. The van der Waals surface area contributed by atoms with E-state index >= 15 is 0 Å². The fourth-order valence-electron chi connectivity index (χ4n) is 4.02. The maximum absolute atomic E-state index is 13.4. The molecular weight excluding hydrogens is 507 g/mol. The van der Waals surface area contributed by atoms with Gasteiger partial charge in [-0.1, -0.05) is 12.1 Å². The Bertz CT molecular complexity index is 1370. The van der Waals surface area contributed by atoms with Gasteiger partial charge in [-0.05, 0) is 87.1 Å². The lowest BCUT2D eigenvalue weighted by Gasteiger charge is -2.14. The summed E-state index contributed by atoms with van der Waals surface area (Å²) in [6, 6.07) is 14.3.